The molecule has 1 atom stereocenters. The number of nitrogens with zero attached hydrogens (tertiary/aromatic N) is 1. The lowest BCUT2D eigenvalue weighted by molar-refractivity contribution is -0.142. The van der Waals surface area contributed by atoms with Crippen molar-refractivity contribution in [2.24, 2.45) is 5.41 Å². The minimum Gasteiger partial charge on any atom is -0.480 e. The molecule has 0 aromatic heterocycles. The minimum atomic E-state index is -1.02. The zero-order valence-electron chi connectivity index (χ0n) is 16.1. The van der Waals surface area contributed by atoms with Gasteiger partial charge in [0.05, 0.1) is 18.6 Å². The summed E-state index contributed by atoms with van der Waals surface area (Å²) in [5, 5.41) is 9.62. The fourth-order valence-electron chi connectivity index (χ4n) is 2.88. The molecule has 0 aliphatic rings. The van der Waals surface area contributed by atoms with Crippen molar-refractivity contribution < 1.29 is 19.4 Å². The van der Waals surface area contributed by atoms with E-state index in [1.165, 1.54) is 4.90 Å². The van der Waals surface area contributed by atoms with Crippen molar-refractivity contribution in [3.05, 3.63) is 66.2 Å². The van der Waals surface area contributed by atoms with E-state index in [1.807, 2.05) is 36.4 Å². The molecule has 0 fully saturated rings. The van der Waals surface area contributed by atoms with Gasteiger partial charge in [0, 0.05) is 5.69 Å². The molecule has 0 bridgehead atoms. The molecule has 2 aromatic carbocycles. The van der Waals surface area contributed by atoms with E-state index in [1.54, 1.807) is 45.0 Å². The Morgan fingerprint density at radius 2 is 1.59 bits per heavy atom. The van der Waals surface area contributed by atoms with E-state index in [-0.39, 0.29) is 12.5 Å². The van der Waals surface area contributed by atoms with Crippen molar-refractivity contribution in [3.63, 3.8) is 0 Å². The molecule has 2 rings (SSSR count). The van der Waals surface area contributed by atoms with E-state index in [9.17, 15) is 14.7 Å². The number of amides is 1. The second-order valence-electron chi connectivity index (χ2n) is 7.14. The number of hydrogen-bond acceptors (Lipinski definition) is 3. The SMILES string of the molecule is CCC(C(=O)O)N(C(=O)C(C)(C)COCc1ccccc1)c1ccccc1. The first-order chi connectivity index (χ1) is 12.9. The number of para-hydroxylation sites is 1. The second-order valence-corrected chi connectivity index (χ2v) is 7.14. The molecule has 0 saturated heterocycles. The lowest BCUT2D eigenvalue weighted by Gasteiger charge is -2.35. The van der Waals surface area contributed by atoms with Crippen LogP contribution in [0.5, 0.6) is 0 Å². The number of carboxylic acids is 1. The van der Waals surface area contributed by atoms with Crippen LogP contribution in [0.15, 0.2) is 60.7 Å². The molecule has 5 heteroatoms. The number of rotatable bonds is 9. The van der Waals surface area contributed by atoms with Gasteiger partial charge in [0.15, 0.2) is 0 Å². The molecule has 0 radical (unpaired) electrons. The highest BCUT2D eigenvalue weighted by Gasteiger charge is 2.38. The van der Waals surface area contributed by atoms with Crippen LogP contribution in [-0.2, 0) is 20.9 Å². The first kappa shape index (κ1) is 20.6. The van der Waals surface area contributed by atoms with E-state index < -0.39 is 17.4 Å². The summed E-state index contributed by atoms with van der Waals surface area (Å²) in [6.07, 6.45) is 0.316. The Bertz CT molecular complexity index is 743. The Balaban J connectivity index is 2.18. The summed E-state index contributed by atoms with van der Waals surface area (Å²) < 4.78 is 5.77. The van der Waals surface area contributed by atoms with Crippen molar-refractivity contribution >= 4 is 17.6 Å². The van der Waals surface area contributed by atoms with Crippen LogP contribution >= 0.6 is 0 Å². The summed E-state index contributed by atoms with van der Waals surface area (Å²) in [5.41, 5.74) is 0.735. The van der Waals surface area contributed by atoms with Crippen LogP contribution in [0.2, 0.25) is 0 Å². The number of anilines is 1. The fraction of sp³-hybridized carbons (Fsp3) is 0.364. The molecule has 1 N–H and O–H groups in total. The first-order valence-electron chi connectivity index (χ1n) is 9.10. The topological polar surface area (TPSA) is 66.8 Å². The van der Waals surface area contributed by atoms with Gasteiger partial charge in [-0.25, -0.2) is 4.79 Å². The maximum atomic E-state index is 13.3. The van der Waals surface area contributed by atoms with E-state index in [0.29, 0.717) is 18.7 Å². The highest BCUT2D eigenvalue weighted by atomic mass is 16.5. The Morgan fingerprint density at radius 3 is 2.11 bits per heavy atom. The van der Waals surface area contributed by atoms with Crippen LogP contribution in [0.4, 0.5) is 5.69 Å². The molecule has 0 heterocycles. The van der Waals surface area contributed by atoms with Crippen LogP contribution < -0.4 is 4.90 Å². The summed E-state index contributed by atoms with van der Waals surface area (Å²) >= 11 is 0. The third-order valence-electron chi connectivity index (χ3n) is 4.39. The van der Waals surface area contributed by atoms with Gasteiger partial charge in [0.2, 0.25) is 5.91 Å². The van der Waals surface area contributed by atoms with Gasteiger partial charge in [-0.05, 0) is 38.0 Å². The van der Waals surface area contributed by atoms with Crippen molar-refractivity contribution in [1.82, 2.24) is 0 Å². The zero-order valence-corrected chi connectivity index (χ0v) is 16.1. The predicted molar refractivity (Wildman–Crippen MR) is 106 cm³/mol. The highest BCUT2D eigenvalue weighted by molar-refractivity contribution is 6.02. The third kappa shape index (κ3) is 5.41. The zero-order chi connectivity index (χ0) is 19.9. The summed E-state index contributed by atoms with van der Waals surface area (Å²) in [7, 11) is 0. The van der Waals surface area contributed by atoms with E-state index >= 15 is 0 Å². The number of hydrogen-bond donors (Lipinski definition) is 1. The van der Waals surface area contributed by atoms with Crippen LogP contribution in [0.3, 0.4) is 0 Å². The predicted octanol–water partition coefficient (Wildman–Crippen LogP) is 4.13. The number of benzene rings is 2. The van der Waals surface area contributed by atoms with Crippen molar-refractivity contribution in [2.45, 2.75) is 39.8 Å². The van der Waals surface area contributed by atoms with Gasteiger partial charge in [-0.15, -0.1) is 0 Å². The first-order valence-corrected chi connectivity index (χ1v) is 9.10. The number of carbonyl (C=O) groups is 2. The molecular weight excluding hydrogens is 342 g/mol. The van der Waals surface area contributed by atoms with E-state index in [0.717, 1.165) is 5.56 Å². The van der Waals surface area contributed by atoms with Crippen molar-refractivity contribution in [3.8, 4) is 0 Å². The minimum absolute atomic E-state index is 0.195. The number of ether oxygens (including phenoxy) is 1. The molecule has 0 saturated carbocycles. The molecule has 0 aliphatic heterocycles. The number of carboxylic acid groups (broad SMARTS) is 1. The molecule has 0 spiro atoms. The van der Waals surface area contributed by atoms with E-state index in [4.69, 9.17) is 4.74 Å². The maximum absolute atomic E-state index is 13.3. The molecule has 144 valence electrons. The molecule has 27 heavy (non-hydrogen) atoms. The summed E-state index contributed by atoms with van der Waals surface area (Å²) in [5.74, 6) is -1.29. The normalized spacial score (nSPS) is 12.4. The maximum Gasteiger partial charge on any atom is 0.326 e. The number of aliphatic carboxylic acids is 1. The Hall–Kier alpha value is -2.66. The summed E-state index contributed by atoms with van der Waals surface area (Å²) in [6, 6.07) is 17.7. The number of carbonyl (C=O) groups excluding carboxylic acids is 1. The van der Waals surface area contributed by atoms with Crippen molar-refractivity contribution in [1.29, 1.82) is 0 Å². The molecule has 1 amide bonds. The highest BCUT2D eigenvalue weighted by Crippen LogP contribution is 2.27. The van der Waals surface area contributed by atoms with Crippen LogP contribution in [0.1, 0.15) is 32.8 Å². The average Bonchev–Trinajstić information content (AvgIpc) is 2.66. The standard InChI is InChI=1S/C22H27NO4/c1-4-19(20(24)25)23(18-13-9-6-10-14-18)21(26)22(2,3)16-27-15-17-11-7-5-8-12-17/h5-14,19H,4,15-16H2,1-3H3,(H,24,25). The van der Waals surface area contributed by atoms with Gasteiger partial charge in [-0.1, -0.05) is 55.5 Å². The summed E-state index contributed by atoms with van der Waals surface area (Å²) in [6.45, 7) is 5.93. The quantitative estimate of drug-likeness (QED) is 0.722. The van der Waals surface area contributed by atoms with Crippen LogP contribution in [-0.4, -0.2) is 29.6 Å². The van der Waals surface area contributed by atoms with Gasteiger partial charge in [0.25, 0.3) is 0 Å². The molecular formula is C22H27NO4. The smallest absolute Gasteiger partial charge is 0.326 e. The molecule has 5 nitrogen and oxygen atoms in total. The molecule has 1 unspecified atom stereocenters. The van der Waals surface area contributed by atoms with Crippen molar-refractivity contribution in [2.75, 3.05) is 11.5 Å². The average molecular weight is 369 g/mol. The second kappa shape index (κ2) is 9.33. The van der Waals surface area contributed by atoms with Crippen LogP contribution in [0.25, 0.3) is 0 Å². The lowest BCUT2D eigenvalue weighted by Crippen LogP contribution is -2.51. The molecule has 0 aliphatic carbocycles. The van der Waals surface area contributed by atoms with Gasteiger partial charge in [-0.3, -0.25) is 9.69 Å². The van der Waals surface area contributed by atoms with Gasteiger partial charge < -0.3 is 9.84 Å². The van der Waals surface area contributed by atoms with Gasteiger partial charge >= 0.3 is 5.97 Å². The molecule has 2 aromatic rings. The lowest BCUT2D eigenvalue weighted by atomic mass is 9.91. The Kier molecular flexibility index (Phi) is 7.13. The Labute approximate surface area is 160 Å². The largest absolute Gasteiger partial charge is 0.480 e. The fourth-order valence-corrected chi connectivity index (χ4v) is 2.88. The summed E-state index contributed by atoms with van der Waals surface area (Å²) in [4.78, 5) is 26.4. The monoisotopic (exact) mass is 369 g/mol. The van der Waals surface area contributed by atoms with Crippen LogP contribution in [0, 0.1) is 5.41 Å². The van der Waals surface area contributed by atoms with E-state index in [2.05, 4.69) is 0 Å². The van der Waals surface area contributed by atoms with Gasteiger partial charge in [-0.2, -0.15) is 0 Å². The Morgan fingerprint density at radius 1 is 1.04 bits per heavy atom. The third-order valence-corrected chi connectivity index (χ3v) is 4.39. The van der Waals surface area contributed by atoms with Gasteiger partial charge in [0.1, 0.15) is 6.04 Å².